The van der Waals surface area contributed by atoms with Crippen molar-refractivity contribution >= 4 is 23.6 Å². The number of likely N-dealkylation sites (tertiary alicyclic amines) is 1. The molecule has 25 heteroatoms. The number of ether oxygens (including phenoxy) is 4. The molecule has 4 amide bonds. The summed E-state index contributed by atoms with van der Waals surface area (Å²) in [5.74, 6) is -5.59. The molecule has 2 aliphatic rings. The fourth-order valence-corrected chi connectivity index (χ4v) is 9.99. The first kappa shape index (κ1) is 77.6. The molecule has 100 heavy (non-hydrogen) atoms. The number of nitrogens with one attached hydrogen (secondary N) is 4. The molecule has 12 N–H and O–H groups in total. The summed E-state index contributed by atoms with van der Waals surface area (Å²) in [4.78, 5) is 97.7. The van der Waals surface area contributed by atoms with E-state index in [2.05, 4.69) is 32.7 Å². The molecule has 7 aromatic rings. The fourth-order valence-electron chi connectivity index (χ4n) is 9.99. The maximum Gasteiger partial charge on any atom is 0.251 e. The Bertz CT molecular complexity index is 4380. The maximum atomic E-state index is 12.5. The Morgan fingerprint density at radius 1 is 0.510 bits per heavy atom. The molecule has 2 saturated heterocycles. The molecule has 0 aromatic heterocycles. The van der Waals surface area contributed by atoms with Gasteiger partial charge in [-0.1, -0.05) is 60.2 Å². The third-order valence-electron chi connectivity index (χ3n) is 15.5. The molecule has 25 nitrogen and oxygen atoms in total. The quantitative estimate of drug-likeness (QED) is 0.0402. The van der Waals surface area contributed by atoms with Crippen molar-refractivity contribution in [2.45, 2.75) is 113 Å². The molecule has 0 bridgehead atoms. The van der Waals surface area contributed by atoms with Crippen LogP contribution in [0, 0.1) is 40.5 Å². The van der Waals surface area contributed by atoms with Gasteiger partial charge in [0, 0.05) is 61.5 Å². The zero-order chi connectivity index (χ0) is 73.9. The summed E-state index contributed by atoms with van der Waals surface area (Å²) in [5, 5.41) is 87.6. The third-order valence-corrected chi connectivity index (χ3v) is 15.5. The SMILES string of the molecule is C=C(OC(C)(C)C)N1CCC(CNC(=O)c2cc(O)c(O)c(=O)cc2C)CC1.Cc1cc(=O)c(O)c(O)cc1C(=O)NCC1COC(C)(C)O1.Cc1cc(=O)c(O)c(O)cc1C(=O)NCc1ccc(Oc2ccccc2)cc1.Cc1ccc(CNC(=O)c2cc(O)c(O)c(=O)cc2C)cc1. The van der Waals surface area contributed by atoms with E-state index in [1.54, 1.807) is 53.7 Å². The van der Waals surface area contributed by atoms with Gasteiger partial charge in [0.25, 0.3) is 23.6 Å². The van der Waals surface area contributed by atoms with Gasteiger partial charge < -0.3 is 86.0 Å². The molecule has 7 aromatic carbocycles. The largest absolute Gasteiger partial charge is 0.504 e. The summed E-state index contributed by atoms with van der Waals surface area (Å²) < 4.78 is 22.5. The van der Waals surface area contributed by atoms with E-state index in [9.17, 15) is 79.2 Å². The molecular weight excluding hydrogens is 1290 g/mol. The van der Waals surface area contributed by atoms with Crippen LogP contribution in [-0.4, -0.2) is 120 Å². The van der Waals surface area contributed by atoms with Crippen LogP contribution in [0.4, 0.5) is 0 Å². The van der Waals surface area contributed by atoms with Crippen LogP contribution in [-0.2, 0) is 27.3 Å². The number of carbonyl (C=O) groups excluding carboxylic acids is 4. The van der Waals surface area contributed by atoms with Gasteiger partial charge in [0.2, 0.25) is 44.7 Å². The molecule has 0 aliphatic carbocycles. The van der Waals surface area contributed by atoms with Crippen LogP contribution >= 0.6 is 0 Å². The molecule has 2 aliphatic heterocycles. The van der Waals surface area contributed by atoms with Crippen LogP contribution < -0.4 is 47.7 Å². The lowest BCUT2D eigenvalue weighted by Gasteiger charge is -2.36. The predicted octanol–water partition coefficient (Wildman–Crippen LogP) is 8.64. The van der Waals surface area contributed by atoms with E-state index in [-0.39, 0.29) is 53.0 Å². The van der Waals surface area contributed by atoms with E-state index in [0.29, 0.717) is 59.5 Å². The van der Waals surface area contributed by atoms with Gasteiger partial charge in [0.05, 0.1) is 6.61 Å². The van der Waals surface area contributed by atoms with Crippen LogP contribution in [0.15, 0.2) is 159 Å². The van der Waals surface area contributed by atoms with Crippen molar-refractivity contribution in [2.24, 2.45) is 5.92 Å². The van der Waals surface area contributed by atoms with Gasteiger partial charge in [-0.15, -0.1) is 0 Å². The Labute approximate surface area is 577 Å². The van der Waals surface area contributed by atoms with Gasteiger partial charge in [-0.05, 0) is 201 Å². The second-order valence-electron chi connectivity index (χ2n) is 25.3. The standard InChI is InChI=1S/C22H19NO5.C21H30N2O5.C17H17NO4.C15H19NO6/c1-14-11-19(24)21(26)20(25)12-18(14)22(27)23-13-15-7-9-17(10-8-15)28-16-5-3-2-4-6-16;1-13-10-17(24)19(26)18(25)11-16(13)20(27)22-12-15-6-8-23(9-7-15)14(2)28-21(3,4)5;1-10-3-5-12(6-4-10)9-18-17(22)13-8-15(20)16(21)14(19)7-11(13)2;1-8-4-11(17)13(19)12(18)5-10(8)14(20)16-6-9-7-21-15(2,3)22-9/h2-12H,13H2,1H3,(H,23,27)(H2,24,25,26);10-11,15H,2,6-9,12H2,1,3-5H3,(H,22,27)(H2,24,25,26);3-8H,9H2,1-2H3,(H,18,22)(H2,19,20,21);4-5,9H,6-7H2,1-3H3,(H,16,20)(H2,17,18,19). The van der Waals surface area contributed by atoms with Crippen LogP contribution in [0.25, 0.3) is 0 Å². The fraction of sp³-hybridized carbons (Fsp3) is 0.307. The summed E-state index contributed by atoms with van der Waals surface area (Å²) in [6.07, 6.45) is 1.52. The van der Waals surface area contributed by atoms with Crippen LogP contribution in [0.2, 0.25) is 0 Å². The highest BCUT2D eigenvalue weighted by Gasteiger charge is 2.33. The molecule has 9 rings (SSSR count). The number of aromatic hydroxyl groups is 8. The lowest BCUT2D eigenvalue weighted by molar-refractivity contribution is -0.137. The van der Waals surface area contributed by atoms with Gasteiger partial charge in [0.1, 0.15) is 23.2 Å². The summed E-state index contributed by atoms with van der Waals surface area (Å²) in [5.41, 5.74) is 1.68. The first-order valence-electron chi connectivity index (χ1n) is 31.7. The van der Waals surface area contributed by atoms with Gasteiger partial charge in [-0.3, -0.25) is 38.4 Å². The predicted molar refractivity (Wildman–Crippen MR) is 373 cm³/mol. The second kappa shape index (κ2) is 34.7. The Hall–Kier alpha value is -11.4. The van der Waals surface area contributed by atoms with Gasteiger partial charge in [-0.2, -0.15) is 0 Å². The number of hydrogen-bond donors (Lipinski definition) is 12. The van der Waals surface area contributed by atoms with Gasteiger partial charge in [-0.25, -0.2) is 0 Å². The van der Waals surface area contributed by atoms with Crippen LogP contribution in [0.5, 0.6) is 57.5 Å². The molecule has 0 radical (unpaired) electrons. The average Bonchev–Trinajstić information content (AvgIpc) is 1.23. The molecule has 1 atom stereocenters. The smallest absolute Gasteiger partial charge is 0.251 e. The summed E-state index contributed by atoms with van der Waals surface area (Å²) in [6.45, 7) is 25.1. The molecule has 2 heterocycles. The number of aryl methyl sites for hydroxylation is 5. The lowest BCUT2D eigenvalue weighted by Crippen LogP contribution is -2.39. The number of rotatable bonds is 16. The monoisotopic (exact) mass is 1380 g/mol. The molecular formula is C75H85N5O20. The summed E-state index contributed by atoms with van der Waals surface area (Å²) in [6, 6.07) is 33.2. The molecule has 1 unspecified atom stereocenters. The highest BCUT2D eigenvalue weighted by Crippen LogP contribution is 2.29. The average molecular weight is 1380 g/mol. The number of nitrogens with zero attached hydrogens (tertiary/aromatic N) is 1. The van der Waals surface area contributed by atoms with Gasteiger partial charge >= 0.3 is 0 Å². The van der Waals surface area contributed by atoms with E-state index in [1.165, 1.54) is 0 Å². The van der Waals surface area contributed by atoms with E-state index >= 15 is 0 Å². The van der Waals surface area contributed by atoms with Crippen molar-refractivity contribution in [3.63, 3.8) is 0 Å². The minimum atomic E-state index is -0.781. The van der Waals surface area contributed by atoms with Crippen molar-refractivity contribution in [3.05, 3.63) is 242 Å². The van der Waals surface area contributed by atoms with Crippen molar-refractivity contribution < 1.29 is 79.0 Å². The Morgan fingerprint density at radius 3 is 1.22 bits per heavy atom. The zero-order valence-electron chi connectivity index (χ0n) is 57.3. The summed E-state index contributed by atoms with van der Waals surface area (Å²) >= 11 is 0. The summed E-state index contributed by atoms with van der Waals surface area (Å²) in [7, 11) is 0. The maximum absolute atomic E-state index is 12.5. The number of hydrogen-bond acceptors (Lipinski definition) is 21. The zero-order valence-corrected chi connectivity index (χ0v) is 57.3. The first-order valence-corrected chi connectivity index (χ1v) is 31.7. The Balaban J connectivity index is 0.000000211. The number of para-hydroxylation sites is 1. The van der Waals surface area contributed by atoms with Crippen molar-refractivity contribution in [2.75, 3.05) is 32.8 Å². The number of benzene rings is 3. The normalized spacial score (nSPS) is 13.8. The number of carbonyl (C=O) groups is 4. The van der Waals surface area contributed by atoms with E-state index < -0.39 is 91.2 Å². The van der Waals surface area contributed by atoms with Crippen LogP contribution in [0.1, 0.15) is 128 Å². The lowest BCUT2D eigenvalue weighted by atomic mass is 9.96. The van der Waals surface area contributed by atoms with Crippen molar-refractivity contribution in [3.8, 4) is 57.5 Å². The topological polar surface area (TPSA) is 387 Å². The molecule has 0 saturated carbocycles. The van der Waals surface area contributed by atoms with Gasteiger partial charge in [0.15, 0.2) is 34.7 Å². The molecule has 2 fully saturated rings. The molecule has 0 spiro atoms. The number of amides is 4. The Morgan fingerprint density at radius 2 is 0.860 bits per heavy atom. The molecule has 530 valence electrons. The van der Waals surface area contributed by atoms with Crippen molar-refractivity contribution in [1.82, 2.24) is 26.2 Å². The first-order chi connectivity index (χ1) is 47.0. The van der Waals surface area contributed by atoms with Crippen LogP contribution in [0.3, 0.4) is 0 Å². The number of piperidine rings is 1. The second-order valence-corrected chi connectivity index (χ2v) is 25.3. The van der Waals surface area contributed by atoms with E-state index in [1.807, 2.05) is 94.4 Å². The van der Waals surface area contributed by atoms with E-state index in [0.717, 1.165) is 96.9 Å². The minimum Gasteiger partial charge on any atom is -0.504 e. The third kappa shape index (κ3) is 22.8. The minimum absolute atomic E-state index is 0.105. The van der Waals surface area contributed by atoms with E-state index in [4.69, 9.17) is 18.9 Å². The van der Waals surface area contributed by atoms with Crippen molar-refractivity contribution in [1.29, 1.82) is 0 Å². The highest BCUT2D eigenvalue weighted by molar-refractivity contribution is 5.98. The Kier molecular flexibility index (Phi) is 26.9. The highest BCUT2D eigenvalue weighted by atomic mass is 16.7.